The topological polar surface area (TPSA) is 40.5 Å². The van der Waals surface area contributed by atoms with Crippen molar-refractivity contribution in [2.75, 3.05) is 0 Å². The van der Waals surface area contributed by atoms with Gasteiger partial charge in [0, 0.05) is 4.47 Å². The van der Waals surface area contributed by atoms with E-state index in [2.05, 4.69) is 15.9 Å². The number of halogens is 1. The fourth-order valence-corrected chi connectivity index (χ4v) is 2.23. The molecular formula is C12H11BrO2. The second-order valence-corrected chi connectivity index (χ2v) is 4.21. The smallest absolute Gasteiger partial charge is 0.0698 e. The van der Waals surface area contributed by atoms with E-state index in [-0.39, 0.29) is 13.2 Å². The van der Waals surface area contributed by atoms with Crippen LogP contribution in [0, 0.1) is 0 Å². The standard InChI is InChI=1S/C12H11BrO2/c13-12-5-4-9-8(6-14)2-1-3-10(9)11(12)7-15/h1-5,14-15H,6-7H2. The summed E-state index contributed by atoms with van der Waals surface area (Å²) >= 11 is 3.40. The van der Waals surface area contributed by atoms with Gasteiger partial charge in [0.05, 0.1) is 13.2 Å². The molecule has 78 valence electrons. The summed E-state index contributed by atoms with van der Waals surface area (Å²) in [6.07, 6.45) is 0. The first-order valence-electron chi connectivity index (χ1n) is 4.68. The Balaban J connectivity index is 2.82. The molecule has 2 N–H and O–H groups in total. The summed E-state index contributed by atoms with van der Waals surface area (Å²) in [6.45, 7) is 0.0106. The third-order valence-electron chi connectivity index (χ3n) is 2.53. The molecule has 0 heterocycles. The Morgan fingerprint density at radius 1 is 0.933 bits per heavy atom. The first-order valence-corrected chi connectivity index (χ1v) is 5.48. The Bertz CT molecular complexity index is 494. The van der Waals surface area contributed by atoms with Gasteiger partial charge in [-0.25, -0.2) is 0 Å². The molecule has 2 aromatic carbocycles. The highest BCUT2D eigenvalue weighted by molar-refractivity contribution is 9.10. The van der Waals surface area contributed by atoms with Gasteiger partial charge >= 0.3 is 0 Å². The number of fused-ring (bicyclic) bond motifs is 1. The maximum Gasteiger partial charge on any atom is 0.0698 e. The van der Waals surface area contributed by atoms with Crippen LogP contribution in [0.1, 0.15) is 11.1 Å². The van der Waals surface area contributed by atoms with E-state index in [1.807, 2.05) is 30.3 Å². The van der Waals surface area contributed by atoms with Gasteiger partial charge < -0.3 is 10.2 Å². The van der Waals surface area contributed by atoms with Crippen molar-refractivity contribution >= 4 is 26.7 Å². The zero-order valence-electron chi connectivity index (χ0n) is 8.07. The van der Waals surface area contributed by atoms with E-state index in [0.29, 0.717) is 0 Å². The average Bonchev–Trinajstić information content (AvgIpc) is 2.28. The van der Waals surface area contributed by atoms with Gasteiger partial charge in [0.1, 0.15) is 0 Å². The fourth-order valence-electron chi connectivity index (χ4n) is 1.76. The van der Waals surface area contributed by atoms with Crippen molar-refractivity contribution in [2.24, 2.45) is 0 Å². The lowest BCUT2D eigenvalue weighted by molar-refractivity contribution is 0.281. The lowest BCUT2D eigenvalue weighted by Crippen LogP contribution is -1.91. The fraction of sp³-hybridized carbons (Fsp3) is 0.167. The number of aliphatic hydroxyl groups excluding tert-OH is 2. The molecule has 0 amide bonds. The maximum atomic E-state index is 9.29. The largest absolute Gasteiger partial charge is 0.392 e. The second kappa shape index (κ2) is 4.31. The predicted octanol–water partition coefficient (Wildman–Crippen LogP) is 2.59. The van der Waals surface area contributed by atoms with Crippen LogP contribution in [-0.4, -0.2) is 10.2 Å². The minimum absolute atomic E-state index is 0.00714. The summed E-state index contributed by atoms with van der Waals surface area (Å²) in [5.41, 5.74) is 1.75. The summed E-state index contributed by atoms with van der Waals surface area (Å²) in [5.74, 6) is 0. The van der Waals surface area contributed by atoms with E-state index in [1.54, 1.807) is 0 Å². The van der Waals surface area contributed by atoms with Crippen molar-refractivity contribution in [3.8, 4) is 0 Å². The molecule has 0 aliphatic heterocycles. The SMILES string of the molecule is OCc1cccc2c(CO)c(Br)ccc12. The van der Waals surface area contributed by atoms with Crippen LogP contribution in [0.5, 0.6) is 0 Å². The predicted molar refractivity (Wildman–Crippen MR) is 63.5 cm³/mol. The van der Waals surface area contributed by atoms with Crippen molar-refractivity contribution in [3.05, 3.63) is 45.9 Å². The Kier molecular flexibility index (Phi) is 3.05. The highest BCUT2D eigenvalue weighted by Gasteiger charge is 2.06. The van der Waals surface area contributed by atoms with Crippen LogP contribution in [0.3, 0.4) is 0 Å². The lowest BCUT2D eigenvalue weighted by Gasteiger charge is -2.09. The molecule has 0 fully saturated rings. The molecule has 15 heavy (non-hydrogen) atoms. The van der Waals surface area contributed by atoms with Gasteiger partial charge in [-0.1, -0.05) is 40.2 Å². The molecule has 0 spiro atoms. The van der Waals surface area contributed by atoms with Crippen molar-refractivity contribution in [1.29, 1.82) is 0 Å². The van der Waals surface area contributed by atoms with Crippen LogP contribution in [-0.2, 0) is 13.2 Å². The van der Waals surface area contributed by atoms with Gasteiger partial charge in [-0.3, -0.25) is 0 Å². The molecule has 0 saturated carbocycles. The number of hydrogen-bond acceptors (Lipinski definition) is 2. The third-order valence-corrected chi connectivity index (χ3v) is 3.28. The third kappa shape index (κ3) is 1.78. The van der Waals surface area contributed by atoms with Crippen molar-refractivity contribution < 1.29 is 10.2 Å². The average molecular weight is 267 g/mol. The molecule has 0 unspecified atom stereocenters. The number of hydrogen-bond donors (Lipinski definition) is 2. The van der Waals surface area contributed by atoms with Crippen LogP contribution in [0.15, 0.2) is 34.8 Å². The molecule has 0 radical (unpaired) electrons. The summed E-state index contributed by atoms with van der Waals surface area (Å²) in [4.78, 5) is 0. The zero-order valence-corrected chi connectivity index (χ0v) is 9.66. The van der Waals surface area contributed by atoms with Gasteiger partial charge in [-0.2, -0.15) is 0 Å². The Morgan fingerprint density at radius 3 is 2.40 bits per heavy atom. The highest BCUT2D eigenvalue weighted by Crippen LogP contribution is 2.28. The van der Waals surface area contributed by atoms with Gasteiger partial charge in [0.2, 0.25) is 0 Å². The van der Waals surface area contributed by atoms with Crippen LogP contribution in [0.25, 0.3) is 10.8 Å². The van der Waals surface area contributed by atoms with Crippen LogP contribution in [0.2, 0.25) is 0 Å². The van der Waals surface area contributed by atoms with E-state index in [0.717, 1.165) is 26.4 Å². The first-order chi connectivity index (χ1) is 7.27. The molecule has 2 aromatic rings. The van der Waals surface area contributed by atoms with Gasteiger partial charge in [-0.05, 0) is 28.0 Å². The zero-order chi connectivity index (χ0) is 10.8. The van der Waals surface area contributed by atoms with Crippen LogP contribution < -0.4 is 0 Å². The Hall–Kier alpha value is -0.900. The summed E-state index contributed by atoms with van der Waals surface area (Å²) < 4.78 is 0.896. The molecule has 0 bridgehead atoms. The second-order valence-electron chi connectivity index (χ2n) is 3.35. The maximum absolute atomic E-state index is 9.29. The Labute approximate surface area is 96.3 Å². The summed E-state index contributed by atoms with van der Waals surface area (Å²) in [5, 5.41) is 20.5. The van der Waals surface area contributed by atoms with Gasteiger partial charge in [0.15, 0.2) is 0 Å². The van der Waals surface area contributed by atoms with Crippen molar-refractivity contribution in [1.82, 2.24) is 0 Å². The number of rotatable bonds is 2. The van der Waals surface area contributed by atoms with Crippen molar-refractivity contribution in [3.63, 3.8) is 0 Å². The monoisotopic (exact) mass is 266 g/mol. The van der Waals surface area contributed by atoms with E-state index >= 15 is 0 Å². The molecule has 0 aliphatic carbocycles. The molecule has 0 aromatic heterocycles. The normalized spacial score (nSPS) is 10.9. The first kappa shape index (κ1) is 10.6. The highest BCUT2D eigenvalue weighted by atomic mass is 79.9. The Morgan fingerprint density at radius 2 is 1.73 bits per heavy atom. The quantitative estimate of drug-likeness (QED) is 0.878. The lowest BCUT2D eigenvalue weighted by atomic mass is 10.0. The molecule has 0 aliphatic rings. The molecule has 2 rings (SSSR count). The molecule has 2 nitrogen and oxygen atoms in total. The van der Waals surface area contributed by atoms with E-state index < -0.39 is 0 Å². The van der Waals surface area contributed by atoms with Crippen LogP contribution >= 0.6 is 15.9 Å². The molecule has 3 heteroatoms. The summed E-state index contributed by atoms with van der Waals surface area (Å²) in [7, 11) is 0. The molecule has 0 saturated heterocycles. The van der Waals surface area contributed by atoms with Crippen LogP contribution in [0.4, 0.5) is 0 Å². The number of benzene rings is 2. The molecular weight excluding hydrogens is 256 g/mol. The molecule has 0 atom stereocenters. The van der Waals surface area contributed by atoms with Gasteiger partial charge in [-0.15, -0.1) is 0 Å². The summed E-state index contributed by atoms with van der Waals surface area (Å²) in [6, 6.07) is 9.57. The minimum Gasteiger partial charge on any atom is -0.392 e. The van der Waals surface area contributed by atoms with Gasteiger partial charge in [0.25, 0.3) is 0 Å². The number of aliphatic hydroxyl groups is 2. The van der Waals surface area contributed by atoms with E-state index in [9.17, 15) is 10.2 Å². The van der Waals surface area contributed by atoms with Crippen molar-refractivity contribution in [2.45, 2.75) is 13.2 Å². The minimum atomic E-state index is -0.00714. The van der Waals surface area contributed by atoms with E-state index in [4.69, 9.17) is 0 Å². The van der Waals surface area contributed by atoms with E-state index in [1.165, 1.54) is 0 Å².